The van der Waals surface area contributed by atoms with E-state index in [0.717, 1.165) is 16.7 Å². The lowest BCUT2D eigenvalue weighted by molar-refractivity contribution is 0.221. The molecule has 0 radical (unpaired) electrons. The highest BCUT2D eigenvalue weighted by Gasteiger charge is 2.12. The minimum atomic E-state index is -0.581. The van der Waals surface area contributed by atoms with Gasteiger partial charge in [-0.05, 0) is 48.1 Å². The SMILES string of the molecule is Cc1cc(C(O)c2ccc(C)c(Cl)c2)cs1. The highest BCUT2D eigenvalue weighted by Crippen LogP contribution is 2.28. The predicted octanol–water partition coefficient (Wildman–Crippen LogP) is 4.10. The van der Waals surface area contributed by atoms with E-state index in [4.69, 9.17) is 11.6 Å². The molecule has 1 heterocycles. The third kappa shape index (κ3) is 2.29. The number of benzene rings is 1. The van der Waals surface area contributed by atoms with Crippen molar-refractivity contribution >= 4 is 22.9 Å². The van der Waals surface area contributed by atoms with Crippen molar-refractivity contribution in [1.82, 2.24) is 0 Å². The molecule has 1 aromatic carbocycles. The van der Waals surface area contributed by atoms with E-state index >= 15 is 0 Å². The van der Waals surface area contributed by atoms with Crippen LogP contribution in [0.1, 0.15) is 27.7 Å². The number of thiophene rings is 1. The average molecular weight is 253 g/mol. The van der Waals surface area contributed by atoms with Crippen LogP contribution in [0.3, 0.4) is 0 Å². The maximum absolute atomic E-state index is 10.2. The molecule has 0 saturated heterocycles. The fraction of sp³-hybridized carbons (Fsp3) is 0.231. The van der Waals surface area contributed by atoms with E-state index in [1.54, 1.807) is 11.3 Å². The van der Waals surface area contributed by atoms with Gasteiger partial charge in [0.15, 0.2) is 0 Å². The molecule has 0 fully saturated rings. The maximum atomic E-state index is 10.2. The fourth-order valence-electron chi connectivity index (χ4n) is 1.58. The normalized spacial score (nSPS) is 12.8. The van der Waals surface area contributed by atoms with Crippen molar-refractivity contribution in [3.63, 3.8) is 0 Å². The van der Waals surface area contributed by atoms with Crippen LogP contribution >= 0.6 is 22.9 Å². The van der Waals surface area contributed by atoms with Crippen molar-refractivity contribution in [3.8, 4) is 0 Å². The zero-order valence-electron chi connectivity index (χ0n) is 9.20. The van der Waals surface area contributed by atoms with Crippen molar-refractivity contribution in [2.45, 2.75) is 20.0 Å². The van der Waals surface area contributed by atoms with Gasteiger partial charge in [-0.25, -0.2) is 0 Å². The molecular formula is C13H13ClOS. The third-order valence-corrected chi connectivity index (χ3v) is 3.87. The number of hydrogen-bond donors (Lipinski definition) is 1. The number of hydrogen-bond acceptors (Lipinski definition) is 2. The molecule has 16 heavy (non-hydrogen) atoms. The van der Waals surface area contributed by atoms with E-state index < -0.39 is 6.10 Å². The van der Waals surface area contributed by atoms with Gasteiger partial charge in [-0.2, -0.15) is 0 Å². The lowest BCUT2D eigenvalue weighted by Crippen LogP contribution is -1.98. The zero-order chi connectivity index (χ0) is 11.7. The molecule has 0 aliphatic carbocycles. The Balaban J connectivity index is 2.33. The Morgan fingerprint density at radius 2 is 1.94 bits per heavy atom. The molecule has 0 spiro atoms. The van der Waals surface area contributed by atoms with Crippen LogP contribution in [0.5, 0.6) is 0 Å². The lowest BCUT2D eigenvalue weighted by atomic mass is 10.0. The molecule has 0 amide bonds. The molecule has 0 aliphatic rings. The molecule has 84 valence electrons. The van der Waals surface area contributed by atoms with Crippen molar-refractivity contribution < 1.29 is 5.11 Å². The van der Waals surface area contributed by atoms with Gasteiger partial charge in [0.05, 0.1) is 0 Å². The minimum Gasteiger partial charge on any atom is -0.384 e. The average Bonchev–Trinajstić information content (AvgIpc) is 2.68. The van der Waals surface area contributed by atoms with Gasteiger partial charge < -0.3 is 5.11 Å². The van der Waals surface area contributed by atoms with Crippen LogP contribution in [-0.4, -0.2) is 5.11 Å². The van der Waals surface area contributed by atoms with E-state index in [0.29, 0.717) is 5.02 Å². The smallest absolute Gasteiger partial charge is 0.105 e. The summed E-state index contributed by atoms with van der Waals surface area (Å²) in [5, 5.41) is 12.8. The van der Waals surface area contributed by atoms with Gasteiger partial charge in [0.25, 0.3) is 0 Å². The van der Waals surface area contributed by atoms with Crippen LogP contribution in [0.25, 0.3) is 0 Å². The van der Waals surface area contributed by atoms with Crippen LogP contribution in [0.2, 0.25) is 5.02 Å². The fourth-order valence-corrected chi connectivity index (χ4v) is 2.49. The largest absolute Gasteiger partial charge is 0.384 e. The second kappa shape index (κ2) is 4.58. The quantitative estimate of drug-likeness (QED) is 0.853. The molecule has 1 unspecified atom stereocenters. The summed E-state index contributed by atoms with van der Waals surface area (Å²) in [7, 11) is 0. The van der Waals surface area contributed by atoms with Crippen LogP contribution < -0.4 is 0 Å². The summed E-state index contributed by atoms with van der Waals surface area (Å²) in [6.45, 7) is 3.98. The second-order valence-electron chi connectivity index (χ2n) is 3.90. The van der Waals surface area contributed by atoms with Crippen molar-refractivity contribution in [3.05, 3.63) is 56.2 Å². The first-order valence-electron chi connectivity index (χ1n) is 5.07. The molecule has 3 heteroatoms. The summed E-state index contributed by atoms with van der Waals surface area (Å²) in [4.78, 5) is 1.20. The van der Waals surface area contributed by atoms with E-state index in [1.807, 2.05) is 43.5 Å². The molecule has 1 nitrogen and oxygen atoms in total. The highest BCUT2D eigenvalue weighted by atomic mass is 35.5. The number of aliphatic hydroxyl groups excluding tert-OH is 1. The molecule has 0 aliphatic heterocycles. The van der Waals surface area contributed by atoms with Gasteiger partial charge >= 0.3 is 0 Å². The molecule has 1 atom stereocenters. The standard InChI is InChI=1S/C13H13ClOS/c1-8-3-4-10(6-12(8)14)13(15)11-5-9(2)16-7-11/h3-7,13,15H,1-2H3. The first-order valence-corrected chi connectivity index (χ1v) is 6.33. The number of rotatable bonds is 2. The van der Waals surface area contributed by atoms with E-state index in [2.05, 4.69) is 0 Å². The van der Waals surface area contributed by atoms with Crippen LogP contribution in [0, 0.1) is 13.8 Å². The Kier molecular flexibility index (Phi) is 3.33. The van der Waals surface area contributed by atoms with Gasteiger partial charge in [0, 0.05) is 9.90 Å². The van der Waals surface area contributed by atoms with Gasteiger partial charge in [0.1, 0.15) is 6.10 Å². The Morgan fingerprint density at radius 1 is 1.19 bits per heavy atom. The van der Waals surface area contributed by atoms with Gasteiger partial charge in [-0.1, -0.05) is 23.7 Å². The molecule has 0 bridgehead atoms. The zero-order valence-corrected chi connectivity index (χ0v) is 10.8. The van der Waals surface area contributed by atoms with E-state index in [9.17, 15) is 5.11 Å². The summed E-state index contributed by atoms with van der Waals surface area (Å²) in [6, 6.07) is 7.68. The third-order valence-electron chi connectivity index (χ3n) is 2.58. The molecule has 2 aromatic rings. The minimum absolute atomic E-state index is 0.581. The lowest BCUT2D eigenvalue weighted by Gasteiger charge is -2.10. The first-order chi connectivity index (χ1) is 7.58. The molecular weight excluding hydrogens is 240 g/mol. The summed E-state index contributed by atoms with van der Waals surface area (Å²) in [5.74, 6) is 0. The number of halogens is 1. The number of aryl methyl sites for hydroxylation is 2. The Bertz CT molecular complexity index is 504. The molecule has 0 saturated carbocycles. The van der Waals surface area contributed by atoms with Gasteiger partial charge in [0.2, 0.25) is 0 Å². The molecule has 1 N–H and O–H groups in total. The molecule has 2 rings (SSSR count). The van der Waals surface area contributed by atoms with E-state index in [-0.39, 0.29) is 0 Å². The van der Waals surface area contributed by atoms with Crippen LogP contribution in [0.4, 0.5) is 0 Å². The van der Waals surface area contributed by atoms with Crippen LogP contribution in [-0.2, 0) is 0 Å². The first kappa shape index (κ1) is 11.6. The maximum Gasteiger partial charge on any atom is 0.105 e. The van der Waals surface area contributed by atoms with Crippen molar-refractivity contribution in [2.75, 3.05) is 0 Å². The summed E-state index contributed by atoms with van der Waals surface area (Å²) in [6.07, 6.45) is -0.581. The van der Waals surface area contributed by atoms with Crippen LogP contribution in [0.15, 0.2) is 29.6 Å². The predicted molar refractivity (Wildman–Crippen MR) is 69.3 cm³/mol. The monoisotopic (exact) mass is 252 g/mol. The topological polar surface area (TPSA) is 20.2 Å². The number of aliphatic hydroxyl groups is 1. The van der Waals surface area contributed by atoms with Gasteiger partial charge in [-0.15, -0.1) is 11.3 Å². The van der Waals surface area contributed by atoms with Crippen molar-refractivity contribution in [2.24, 2.45) is 0 Å². The Labute approximate surface area is 104 Å². The summed E-state index contributed by atoms with van der Waals surface area (Å²) in [5.41, 5.74) is 2.80. The summed E-state index contributed by atoms with van der Waals surface area (Å²) >= 11 is 7.68. The second-order valence-corrected chi connectivity index (χ2v) is 5.42. The highest BCUT2D eigenvalue weighted by molar-refractivity contribution is 7.10. The van der Waals surface area contributed by atoms with E-state index in [1.165, 1.54) is 4.88 Å². The van der Waals surface area contributed by atoms with Crippen molar-refractivity contribution in [1.29, 1.82) is 0 Å². The van der Waals surface area contributed by atoms with Gasteiger partial charge in [-0.3, -0.25) is 0 Å². The Hall–Kier alpha value is -0.830. The Morgan fingerprint density at radius 3 is 2.50 bits per heavy atom. The summed E-state index contributed by atoms with van der Waals surface area (Å²) < 4.78 is 0. The molecule has 1 aromatic heterocycles.